The van der Waals surface area contributed by atoms with Gasteiger partial charge in [-0.15, -0.1) is 22.0 Å². The monoisotopic (exact) mass is 492 g/mol. The summed E-state index contributed by atoms with van der Waals surface area (Å²) < 4.78 is 0. The van der Waals surface area contributed by atoms with E-state index < -0.39 is 17.9 Å². The zero-order chi connectivity index (χ0) is 24.7. The number of aliphatic carboxylic acids is 1. The summed E-state index contributed by atoms with van der Waals surface area (Å²) in [5.74, 6) is -2.60. The van der Waals surface area contributed by atoms with Crippen LogP contribution in [0.4, 0.5) is 0 Å². The number of hydrogen-bond donors (Lipinski definition) is 3. The van der Waals surface area contributed by atoms with Crippen LogP contribution in [-0.4, -0.2) is 103 Å². The Balaban J connectivity index is 1.44. The molecule has 3 N–H and O–H groups in total. The minimum Gasteiger partial charge on any atom is -0.477 e. The number of carbonyl (C=O) groups is 4. The zero-order valence-corrected chi connectivity index (χ0v) is 20.2. The van der Waals surface area contributed by atoms with E-state index in [4.69, 9.17) is 0 Å². The standard InChI is InChI=1S/C20H28N8O5S/c1-9-15-14(10(2)24-13(29)7-27-23-8-22-25-27)19(31)28(15)16(20(32)33)17(9)34-11-5-12(21-6-11)18(30)26(3)4/h8-12,14-15,21H,5-7H2,1-4H3,(H,24,29)(H,32,33)/t9-,10-,11+,12?,14-,15-/m1/s1. The summed E-state index contributed by atoms with van der Waals surface area (Å²) in [6, 6.07) is -1.16. The SMILES string of the molecule is C[C@@H](NC(=O)Cn1ncnn1)[C@H]1C(=O)N2C(C(=O)O)=C(S[C@@H]3CNC(C(=O)N(C)C)C3)[C@H](C)[C@H]12. The number of rotatable bonds is 8. The summed E-state index contributed by atoms with van der Waals surface area (Å²) >= 11 is 1.43. The number of amides is 3. The molecular weight excluding hydrogens is 464 g/mol. The van der Waals surface area contributed by atoms with Gasteiger partial charge in [0.25, 0.3) is 0 Å². The fourth-order valence-corrected chi connectivity index (χ4v) is 6.43. The van der Waals surface area contributed by atoms with Crippen molar-refractivity contribution in [3.63, 3.8) is 0 Å². The van der Waals surface area contributed by atoms with Crippen LogP contribution in [0.25, 0.3) is 0 Å². The minimum absolute atomic E-state index is 0.0106. The normalized spacial score (nSPS) is 29.0. The molecule has 4 rings (SSSR count). The maximum atomic E-state index is 13.0. The van der Waals surface area contributed by atoms with Crippen LogP contribution in [0.15, 0.2) is 16.9 Å². The van der Waals surface area contributed by atoms with E-state index in [1.54, 1.807) is 21.0 Å². The lowest BCUT2D eigenvalue weighted by Crippen LogP contribution is -2.66. The molecule has 1 aromatic rings. The van der Waals surface area contributed by atoms with E-state index in [0.29, 0.717) is 17.9 Å². The van der Waals surface area contributed by atoms with E-state index in [0.717, 1.165) is 4.80 Å². The molecule has 2 fully saturated rings. The Kier molecular flexibility index (Phi) is 6.62. The first-order valence-electron chi connectivity index (χ1n) is 11.0. The van der Waals surface area contributed by atoms with E-state index in [2.05, 4.69) is 26.0 Å². The Hall–Kier alpha value is -3.00. The fourth-order valence-electron chi connectivity index (χ4n) is 4.95. The summed E-state index contributed by atoms with van der Waals surface area (Å²) in [6.45, 7) is 4.09. The Labute approximate surface area is 200 Å². The molecular formula is C20H28N8O5S. The third-order valence-electron chi connectivity index (χ3n) is 6.52. The van der Waals surface area contributed by atoms with Crippen molar-refractivity contribution in [3.05, 3.63) is 16.9 Å². The molecule has 1 aromatic heterocycles. The number of tetrazole rings is 1. The molecule has 14 heteroatoms. The lowest BCUT2D eigenvalue weighted by molar-refractivity contribution is -0.158. The minimum atomic E-state index is -1.15. The predicted octanol–water partition coefficient (Wildman–Crippen LogP) is -1.50. The average molecular weight is 493 g/mol. The van der Waals surface area contributed by atoms with Crippen molar-refractivity contribution in [1.82, 2.24) is 40.6 Å². The van der Waals surface area contributed by atoms with E-state index in [-0.39, 0.29) is 53.2 Å². The van der Waals surface area contributed by atoms with E-state index >= 15 is 0 Å². The van der Waals surface area contributed by atoms with Crippen LogP contribution in [-0.2, 0) is 25.7 Å². The van der Waals surface area contributed by atoms with Crippen molar-refractivity contribution in [2.24, 2.45) is 11.8 Å². The number of carbonyl (C=O) groups excluding carboxylic acids is 3. The van der Waals surface area contributed by atoms with Gasteiger partial charge in [0.15, 0.2) is 6.33 Å². The second kappa shape index (κ2) is 9.33. The number of likely N-dealkylation sites (N-methyl/N-ethyl adjacent to an activating group) is 1. The number of hydrogen-bond acceptors (Lipinski definition) is 9. The molecule has 0 spiro atoms. The van der Waals surface area contributed by atoms with Gasteiger partial charge in [-0.3, -0.25) is 14.4 Å². The lowest BCUT2D eigenvalue weighted by Gasteiger charge is -2.47. The highest BCUT2D eigenvalue weighted by molar-refractivity contribution is 8.03. The summed E-state index contributed by atoms with van der Waals surface area (Å²) in [5.41, 5.74) is 0.0106. The Morgan fingerprint density at radius 1 is 1.38 bits per heavy atom. The van der Waals surface area contributed by atoms with Gasteiger partial charge in [-0.2, -0.15) is 4.80 Å². The third-order valence-corrected chi connectivity index (χ3v) is 8.03. The van der Waals surface area contributed by atoms with Gasteiger partial charge in [0.2, 0.25) is 17.7 Å². The number of nitrogens with one attached hydrogen (secondary N) is 2. The van der Waals surface area contributed by atoms with Crippen LogP contribution in [0.3, 0.4) is 0 Å². The van der Waals surface area contributed by atoms with Crippen molar-refractivity contribution in [2.75, 3.05) is 20.6 Å². The van der Waals surface area contributed by atoms with Gasteiger partial charge in [0.1, 0.15) is 12.2 Å². The highest BCUT2D eigenvalue weighted by atomic mass is 32.2. The molecule has 3 aliphatic rings. The van der Waals surface area contributed by atoms with Crippen LogP contribution in [0.1, 0.15) is 20.3 Å². The van der Waals surface area contributed by atoms with Crippen LogP contribution in [0.2, 0.25) is 0 Å². The second-order valence-electron chi connectivity index (χ2n) is 9.02. The Bertz CT molecular complexity index is 1030. The molecule has 0 radical (unpaired) electrons. The Morgan fingerprint density at radius 2 is 2.12 bits per heavy atom. The summed E-state index contributed by atoms with van der Waals surface area (Å²) in [7, 11) is 3.40. The van der Waals surface area contributed by atoms with Crippen molar-refractivity contribution in [1.29, 1.82) is 0 Å². The van der Waals surface area contributed by atoms with E-state index in [9.17, 15) is 24.3 Å². The quantitative estimate of drug-likeness (QED) is 0.364. The first-order valence-corrected chi connectivity index (χ1v) is 11.9. The summed E-state index contributed by atoms with van der Waals surface area (Å²) in [6.07, 6.45) is 1.80. The average Bonchev–Trinajstić information content (AvgIpc) is 3.48. The van der Waals surface area contributed by atoms with E-state index in [1.165, 1.54) is 27.9 Å². The molecule has 3 aliphatic heterocycles. The van der Waals surface area contributed by atoms with Crippen LogP contribution in [0, 0.1) is 11.8 Å². The number of nitrogens with zero attached hydrogens (tertiary/aromatic N) is 6. The molecule has 0 aromatic carbocycles. The maximum Gasteiger partial charge on any atom is 0.353 e. The van der Waals surface area contributed by atoms with Gasteiger partial charge in [-0.1, -0.05) is 6.92 Å². The van der Waals surface area contributed by atoms with Crippen LogP contribution < -0.4 is 10.6 Å². The van der Waals surface area contributed by atoms with Gasteiger partial charge < -0.3 is 25.5 Å². The zero-order valence-electron chi connectivity index (χ0n) is 19.3. The molecule has 4 heterocycles. The number of carboxylic acids is 1. The van der Waals surface area contributed by atoms with Crippen LogP contribution in [0.5, 0.6) is 0 Å². The molecule has 34 heavy (non-hydrogen) atoms. The largest absolute Gasteiger partial charge is 0.477 e. The first-order chi connectivity index (χ1) is 16.1. The smallest absolute Gasteiger partial charge is 0.353 e. The molecule has 2 saturated heterocycles. The van der Waals surface area contributed by atoms with Gasteiger partial charge >= 0.3 is 5.97 Å². The lowest BCUT2D eigenvalue weighted by atomic mass is 9.78. The van der Waals surface area contributed by atoms with Gasteiger partial charge in [0.05, 0.1) is 18.0 Å². The maximum absolute atomic E-state index is 13.0. The number of carboxylic acid groups (broad SMARTS) is 1. The molecule has 3 amide bonds. The number of thioether (sulfide) groups is 1. The number of fused-ring (bicyclic) bond motifs is 1. The van der Waals surface area contributed by atoms with Crippen molar-refractivity contribution < 1.29 is 24.3 Å². The molecule has 1 unspecified atom stereocenters. The summed E-state index contributed by atoms with van der Waals surface area (Å²) in [4.78, 5) is 54.4. The Morgan fingerprint density at radius 3 is 2.74 bits per heavy atom. The molecule has 0 aliphatic carbocycles. The molecule has 0 saturated carbocycles. The molecule has 6 atom stereocenters. The van der Waals surface area contributed by atoms with Gasteiger partial charge in [-0.05, 0) is 18.6 Å². The summed E-state index contributed by atoms with van der Waals surface area (Å²) in [5, 5.41) is 26.9. The van der Waals surface area contributed by atoms with Gasteiger partial charge in [-0.25, -0.2) is 4.79 Å². The highest BCUT2D eigenvalue weighted by Gasteiger charge is 2.60. The van der Waals surface area contributed by atoms with Crippen molar-refractivity contribution in [3.8, 4) is 0 Å². The topological polar surface area (TPSA) is 163 Å². The molecule has 0 bridgehead atoms. The number of β-lactam (4-membered cyclic amide) rings is 1. The second-order valence-corrected chi connectivity index (χ2v) is 10.4. The fraction of sp³-hybridized carbons (Fsp3) is 0.650. The van der Waals surface area contributed by atoms with E-state index in [1.807, 2.05) is 6.92 Å². The van der Waals surface area contributed by atoms with Crippen molar-refractivity contribution >= 4 is 35.5 Å². The molecule has 13 nitrogen and oxygen atoms in total. The highest BCUT2D eigenvalue weighted by Crippen LogP contribution is 2.51. The van der Waals surface area contributed by atoms with Gasteiger partial charge in [0, 0.05) is 42.8 Å². The molecule has 184 valence electrons. The third kappa shape index (κ3) is 4.27. The predicted molar refractivity (Wildman–Crippen MR) is 120 cm³/mol. The number of aromatic nitrogens is 4. The van der Waals surface area contributed by atoms with Crippen LogP contribution >= 0.6 is 11.8 Å². The first kappa shape index (κ1) is 24.1. The van der Waals surface area contributed by atoms with Crippen molar-refractivity contribution in [2.45, 2.75) is 50.2 Å².